The molecule has 2 aromatic rings. The van der Waals surface area contributed by atoms with Gasteiger partial charge in [-0.3, -0.25) is 5.32 Å². The Balaban J connectivity index is 2.05. The fourth-order valence-corrected chi connectivity index (χ4v) is 2.17. The van der Waals surface area contributed by atoms with E-state index in [0.29, 0.717) is 0 Å². The molecule has 0 aliphatic carbocycles. The molecular weight excluding hydrogens is 294 g/mol. The van der Waals surface area contributed by atoms with Gasteiger partial charge in [-0.05, 0) is 24.1 Å². The summed E-state index contributed by atoms with van der Waals surface area (Å²) in [5.74, 6) is 0.805. The third-order valence-electron chi connectivity index (χ3n) is 2.50. The summed E-state index contributed by atoms with van der Waals surface area (Å²) >= 11 is 3.47. The normalized spacial score (nSPS) is 10.6. The molecule has 0 aliphatic heterocycles. The molecule has 0 amide bonds. The second-order valence-corrected chi connectivity index (χ2v) is 5.02. The Morgan fingerprint density at radius 1 is 1.44 bits per heavy atom. The second kappa shape index (κ2) is 5.95. The van der Waals surface area contributed by atoms with Crippen molar-refractivity contribution in [2.45, 2.75) is 26.4 Å². The Morgan fingerprint density at radius 2 is 2.28 bits per heavy atom. The van der Waals surface area contributed by atoms with Gasteiger partial charge in [0, 0.05) is 9.69 Å². The van der Waals surface area contributed by atoms with E-state index in [1.54, 1.807) is 4.80 Å². The first kappa shape index (κ1) is 13.0. The van der Waals surface area contributed by atoms with Crippen molar-refractivity contribution in [1.82, 2.24) is 15.1 Å². The van der Waals surface area contributed by atoms with Crippen LogP contribution >= 0.6 is 15.9 Å². The first-order chi connectivity index (χ1) is 8.69. The number of hydrogen-bond donors (Lipinski definition) is 1. The fraction of sp³-hybridized carbons (Fsp3) is 0.417. The molecule has 2 rings (SSSR count). The number of anilines is 1. The van der Waals surface area contributed by atoms with Gasteiger partial charge in [0.15, 0.2) is 0 Å². The minimum Gasteiger partial charge on any atom is -0.287 e. The second-order valence-electron chi connectivity index (χ2n) is 4.11. The van der Waals surface area contributed by atoms with Crippen LogP contribution in [0.1, 0.15) is 18.9 Å². The molecule has 0 unspecified atom stereocenters. The van der Waals surface area contributed by atoms with Crippen molar-refractivity contribution < 1.29 is 4.68 Å². The minimum atomic E-state index is 0.738. The molecule has 0 bridgehead atoms. The lowest BCUT2D eigenvalue weighted by Gasteiger charge is -2.01. The monoisotopic (exact) mass is 310 g/mol. The molecule has 1 aromatic heterocycles. The Hall–Kier alpha value is -1.43. The molecule has 0 fully saturated rings. The molecular formula is C12H17BrN5+. The first-order valence-electron chi connectivity index (χ1n) is 5.99. The standard InChI is InChI=1S/C12H17BrN5/c1-3-7-18-12(15-17(2)16-18)14-9-10-5-4-6-11(13)8-10/h4-6,8H,3,7,9H2,1-2H3,(H,14,15,16)/q+1. The maximum absolute atomic E-state index is 4.31. The van der Waals surface area contributed by atoms with Crippen molar-refractivity contribution in [2.24, 2.45) is 7.05 Å². The summed E-state index contributed by atoms with van der Waals surface area (Å²) in [6.07, 6.45) is 1.04. The molecule has 5 nitrogen and oxygen atoms in total. The molecule has 1 N–H and O–H groups in total. The van der Waals surface area contributed by atoms with Gasteiger partial charge in [-0.15, -0.1) is 4.68 Å². The number of benzene rings is 1. The highest BCUT2D eigenvalue weighted by molar-refractivity contribution is 9.10. The maximum atomic E-state index is 4.31. The number of tetrazole rings is 1. The van der Waals surface area contributed by atoms with Crippen LogP contribution in [0.5, 0.6) is 0 Å². The number of nitrogens with zero attached hydrogens (tertiary/aromatic N) is 4. The van der Waals surface area contributed by atoms with Crippen molar-refractivity contribution in [3.8, 4) is 0 Å². The summed E-state index contributed by atoms with van der Waals surface area (Å²) < 4.78 is 2.97. The molecule has 0 radical (unpaired) electrons. The van der Waals surface area contributed by atoms with Gasteiger partial charge in [0.1, 0.15) is 7.05 Å². The molecule has 96 valence electrons. The number of aromatic nitrogens is 4. The van der Waals surface area contributed by atoms with Crippen LogP contribution < -0.4 is 10.00 Å². The van der Waals surface area contributed by atoms with Crippen molar-refractivity contribution in [3.63, 3.8) is 0 Å². The van der Waals surface area contributed by atoms with Crippen molar-refractivity contribution in [3.05, 3.63) is 34.3 Å². The number of aryl methyl sites for hydroxylation is 2. The lowest BCUT2D eigenvalue weighted by Crippen LogP contribution is -2.39. The van der Waals surface area contributed by atoms with Gasteiger partial charge in [-0.2, -0.15) is 0 Å². The third kappa shape index (κ3) is 3.29. The average molecular weight is 311 g/mol. The van der Waals surface area contributed by atoms with Crippen LogP contribution in [0.25, 0.3) is 0 Å². The van der Waals surface area contributed by atoms with Gasteiger partial charge >= 0.3 is 5.95 Å². The highest BCUT2D eigenvalue weighted by atomic mass is 79.9. The lowest BCUT2D eigenvalue weighted by molar-refractivity contribution is -0.743. The summed E-state index contributed by atoms with van der Waals surface area (Å²) in [5, 5.41) is 11.9. The van der Waals surface area contributed by atoms with E-state index in [0.717, 1.165) is 29.9 Å². The van der Waals surface area contributed by atoms with Gasteiger partial charge < -0.3 is 0 Å². The topological polar surface area (TPSA) is 46.6 Å². The van der Waals surface area contributed by atoms with Crippen molar-refractivity contribution in [2.75, 3.05) is 5.32 Å². The summed E-state index contributed by atoms with van der Waals surface area (Å²) in [5.41, 5.74) is 1.21. The molecule has 1 aromatic carbocycles. The Morgan fingerprint density at radius 3 is 3.00 bits per heavy atom. The van der Waals surface area contributed by atoms with Gasteiger partial charge in [-0.1, -0.05) is 39.8 Å². The summed E-state index contributed by atoms with van der Waals surface area (Å²) in [7, 11) is 1.83. The van der Waals surface area contributed by atoms with Crippen LogP contribution in [0.3, 0.4) is 0 Å². The van der Waals surface area contributed by atoms with Gasteiger partial charge in [-0.25, -0.2) is 0 Å². The van der Waals surface area contributed by atoms with E-state index in [2.05, 4.69) is 50.6 Å². The molecule has 0 atom stereocenters. The third-order valence-corrected chi connectivity index (χ3v) is 2.99. The Bertz CT molecular complexity index is 523. The zero-order valence-corrected chi connectivity index (χ0v) is 12.2. The molecule has 18 heavy (non-hydrogen) atoms. The average Bonchev–Trinajstić information content (AvgIpc) is 2.68. The van der Waals surface area contributed by atoms with E-state index in [9.17, 15) is 0 Å². The predicted octanol–water partition coefficient (Wildman–Crippen LogP) is 1.89. The molecule has 0 spiro atoms. The van der Waals surface area contributed by atoms with E-state index in [-0.39, 0.29) is 0 Å². The van der Waals surface area contributed by atoms with E-state index in [1.807, 2.05) is 23.9 Å². The lowest BCUT2D eigenvalue weighted by atomic mass is 10.2. The minimum absolute atomic E-state index is 0.738. The fourth-order valence-electron chi connectivity index (χ4n) is 1.72. The smallest absolute Gasteiger partial charge is 0.287 e. The van der Waals surface area contributed by atoms with Crippen LogP contribution in [-0.2, 0) is 20.1 Å². The zero-order valence-electron chi connectivity index (χ0n) is 10.6. The molecule has 1 heterocycles. The maximum Gasteiger partial charge on any atom is 0.398 e. The van der Waals surface area contributed by atoms with Gasteiger partial charge in [0.25, 0.3) is 0 Å². The van der Waals surface area contributed by atoms with Gasteiger partial charge in [0.05, 0.1) is 18.2 Å². The molecule has 0 aliphatic rings. The Labute approximate surface area is 115 Å². The van der Waals surface area contributed by atoms with Crippen LogP contribution in [0.2, 0.25) is 0 Å². The quantitative estimate of drug-likeness (QED) is 0.858. The highest BCUT2D eigenvalue weighted by Gasteiger charge is 2.14. The van der Waals surface area contributed by atoms with Crippen molar-refractivity contribution in [1.29, 1.82) is 0 Å². The van der Waals surface area contributed by atoms with E-state index in [4.69, 9.17) is 0 Å². The van der Waals surface area contributed by atoms with Gasteiger partial charge in [0.2, 0.25) is 0 Å². The van der Waals surface area contributed by atoms with Crippen LogP contribution in [0.15, 0.2) is 28.7 Å². The predicted molar refractivity (Wildman–Crippen MR) is 73.0 cm³/mol. The summed E-state index contributed by atoms with van der Waals surface area (Å²) in [6.45, 7) is 3.73. The number of hydrogen-bond acceptors (Lipinski definition) is 3. The summed E-state index contributed by atoms with van der Waals surface area (Å²) in [4.78, 5) is 1.58. The molecule has 0 saturated carbocycles. The summed E-state index contributed by atoms with van der Waals surface area (Å²) in [6, 6.07) is 8.22. The molecule has 0 saturated heterocycles. The first-order valence-corrected chi connectivity index (χ1v) is 6.78. The Kier molecular flexibility index (Phi) is 4.30. The van der Waals surface area contributed by atoms with Crippen molar-refractivity contribution >= 4 is 21.9 Å². The zero-order chi connectivity index (χ0) is 13.0. The molecule has 6 heteroatoms. The van der Waals surface area contributed by atoms with E-state index < -0.39 is 0 Å². The van der Waals surface area contributed by atoms with E-state index >= 15 is 0 Å². The largest absolute Gasteiger partial charge is 0.398 e. The van der Waals surface area contributed by atoms with Crippen LogP contribution in [-0.4, -0.2) is 15.1 Å². The van der Waals surface area contributed by atoms with E-state index in [1.165, 1.54) is 5.56 Å². The number of nitrogens with one attached hydrogen (secondary N) is 1. The number of halogens is 1. The number of rotatable bonds is 5. The highest BCUT2D eigenvalue weighted by Crippen LogP contribution is 2.12. The van der Waals surface area contributed by atoms with Crippen LogP contribution in [0, 0.1) is 0 Å². The SMILES string of the molecule is CCC[n+]1nn(C)nc1NCc1cccc(Br)c1. The van der Waals surface area contributed by atoms with Crippen LogP contribution in [0.4, 0.5) is 5.95 Å².